The summed E-state index contributed by atoms with van der Waals surface area (Å²) in [7, 11) is 0. The molecule has 5 heterocycles. The molecule has 9 nitrogen and oxygen atoms in total. The fourth-order valence-electron chi connectivity index (χ4n) is 4.74. The van der Waals surface area contributed by atoms with E-state index >= 15 is 0 Å². The second kappa shape index (κ2) is 20.8. The molecule has 1 aromatic carbocycles. The second-order valence-electron chi connectivity index (χ2n) is 9.46. The third kappa shape index (κ3) is 11.8. The van der Waals surface area contributed by atoms with E-state index in [9.17, 15) is 4.39 Å². The van der Waals surface area contributed by atoms with Gasteiger partial charge in [-0.2, -0.15) is 0 Å². The molecule has 3 aromatic heterocycles. The van der Waals surface area contributed by atoms with Gasteiger partial charge in [-0.05, 0) is 53.6 Å². The number of halogens is 4. The van der Waals surface area contributed by atoms with Crippen molar-refractivity contribution < 1.29 is 15.3 Å². The SMILES string of the molecule is Cl.Cl.Cl.Fc1ccc(-c2cncc(CN3CCN(c4ccccn4)CC3)c2)cc1.O.O.c1ccc(N2CCNCC2)nc1. The van der Waals surface area contributed by atoms with Crippen LogP contribution in [0.4, 0.5) is 16.0 Å². The third-order valence-corrected chi connectivity index (χ3v) is 6.81. The molecule has 0 atom stereocenters. The number of benzene rings is 1. The lowest BCUT2D eigenvalue weighted by Gasteiger charge is -2.35. The van der Waals surface area contributed by atoms with Crippen molar-refractivity contribution in [3.05, 3.63) is 103 Å². The number of nitrogens with one attached hydrogen (secondary N) is 1. The number of rotatable bonds is 5. The van der Waals surface area contributed by atoms with Crippen molar-refractivity contribution in [1.29, 1.82) is 0 Å². The molecule has 0 saturated carbocycles. The first kappa shape index (κ1) is 39.9. The summed E-state index contributed by atoms with van der Waals surface area (Å²) >= 11 is 0. The van der Waals surface area contributed by atoms with Crippen LogP contribution in [0.1, 0.15) is 5.56 Å². The molecular formula is C30H41Cl3FN7O2. The van der Waals surface area contributed by atoms with Gasteiger partial charge in [0.05, 0.1) is 0 Å². The highest BCUT2D eigenvalue weighted by molar-refractivity contribution is 5.86. The quantitative estimate of drug-likeness (QED) is 0.348. The van der Waals surface area contributed by atoms with Gasteiger partial charge in [0.1, 0.15) is 17.5 Å². The minimum absolute atomic E-state index is 0. The maximum Gasteiger partial charge on any atom is 0.128 e. The summed E-state index contributed by atoms with van der Waals surface area (Å²) in [5.41, 5.74) is 3.19. The van der Waals surface area contributed by atoms with Crippen LogP contribution in [0.3, 0.4) is 0 Å². The highest BCUT2D eigenvalue weighted by Crippen LogP contribution is 2.21. The maximum atomic E-state index is 13.1. The third-order valence-electron chi connectivity index (χ3n) is 6.81. The zero-order valence-corrected chi connectivity index (χ0v) is 26.3. The van der Waals surface area contributed by atoms with Crippen molar-refractivity contribution in [3.8, 4) is 11.1 Å². The molecule has 2 fully saturated rings. The molecule has 13 heteroatoms. The van der Waals surface area contributed by atoms with Crippen molar-refractivity contribution in [2.45, 2.75) is 6.54 Å². The van der Waals surface area contributed by atoms with E-state index in [1.807, 2.05) is 49.1 Å². The van der Waals surface area contributed by atoms with Crippen molar-refractivity contribution >= 4 is 48.9 Å². The molecule has 4 aromatic rings. The van der Waals surface area contributed by atoms with Gasteiger partial charge < -0.3 is 26.1 Å². The predicted octanol–water partition coefficient (Wildman–Crippen LogP) is 3.71. The second-order valence-corrected chi connectivity index (χ2v) is 9.46. The summed E-state index contributed by atoms with van der Waals surface area (Å²) in [4.78, 5) is 20.2. The first-order valence-electron chi connectivity index (χ1n) is 13.2. The first-order valence-corrected chi connectivity index (χ1v) is 13.2. The van der Waals surface area contributed by atoms with Gasteiger partial charge in [0.2, 0.25) is 0 Å². The van der Waals surface area contributed by atoms with Gasteiger partial charge in [0.15, 0.2) is 0 Å². The van der Waals surface area contributed by atoms with Crippen molar-refractivity contribution in [2.24, 2.45) is 0 Å². The largest absolute Gasteiger partial charge is 0.412 e. The predicted molar refractivity (Wildman–Crippen MR) is 180 cm³/mol. The van der Waals surface area contributed by atoms with E-state index in [1.165, 1.54) is 17.7 Å². The molecule has 0 bridgehead atoms. The summed E-state index contributed by atoms with van der Waals surface area (Å²) < 4.78 is 13.1. The summed E-state index contributed by atoms with van der Waals surface area (Å²) in [6, 6.07) is 20.8. The lowest BCUT2D eigenvalue weighted by atomic mass is 10.1. The highest BCUT2D eigenvalue weighted by atomic mass is 35.5. The number of pyridine rings is 3. The van der Waals surface area contributed by atoms with Crippen LogP contribution in [0.25, 0.3) is 11.1 Å². The Morgan fingerprint density at radius 2 is 1.21 bits per heavy atom. The van der Waals surface area contributed by atoms with Gasteiger partial charge in [-0.1, -0.05) is 24.3 Å². The van der Waals surface area contributed by atoms with Crippen molar-refractivity contribution in [1.82, 2.24) is 25.2 Å². The van der Waals surface area contributed by atoms with Crippen LogP contribution in [0, 0.1) is 5.82 Å². The zero-order valence-electron chi connectivity index (χ0n) is 23.8. The Morgan fingerprint density at radius 3 is 1.74 bits per heavy atom. The molecule has 236 valence electrons. The molecule has 0 radical (unpaired) electrons. The molecule has 2 saturated heterocycles. The Kier molecular flexibility index (Phi) is 19.3. The average Bonchev–Trinajstić information content (AvgIpc) is 3.00. The minimum Gasteiger partial charge on any atom is -0.412 e. The van der Waals surface area contributed by atoms with E-state index in [-0.39, 0.29) is 54.0 Å². The maximum absolute atomic E-state index is 13.1. The first-order chi connectivity index (χ1) is 18.7. The lowest BCUT2D eigenvalue weighted by molar-refractivity contribution is 0.249. The van der Waals surface area contributed by atoms with Crippen LogP contribution < -0.4 is 15.1 Å². The van der Waals surface area contributed by atoms with E-state index < -0.39 is 0 Å². The van der Waals surface area contributed by atoms with E-state index in [2.05, 4.69) is 53.2 Å². The molecule has 5 N–H and O–H groups in total. The Bertz CT molecular complexity index is 1270. The molecular weight excluding hydrogens is 616 g/mol. The zero-order chi connectivity index (χ0) is 26.0. The smallest absolute Gasteiger partial charge is 0.128 e. The Balaban J connectivity index is 0.000000893. The van der Waals surface area contributed by atoms with Crippen LogP contribution in [0.15, 0.2) is 91.5 Å². The normalized spacial score (nSPS) is 14.2. The summed E-state index contributed by atoms with van der Waals surface area (Å²) in [5, 5.41) is 3.32. The average molecular weight is 657 g/mol. The summed E-state index contributed by atoms with van der Waals surface area (Å²) in [6.45, 7) is 9.08. The van der Waals surface area contributed by atoms with Gasteiger partial charge in [-0.3, -0.25) is 9.88 Å². The van der Waals surface area contributed by atoms with E-state index in [0.29, 0.717) is 0 Å². The number of piperazine rings is 2. The summed E-state index contributed by atoms with van der Waals surface area (Å²) in [6.07, 6.45) is 7.43. The van der Waals surface area contributed by atoms with E-state index in [0.717, 1.165) is 81.7 Å². The van der Waals surface area contributed by atoms with E-state index in [1.54, 1.807) is 12.1 Å². The highest BCUT2D eigenvalue weighted by Gasteiger charge is 2.18. The standard InChI is InChI=1S/C21H21FN4.C9H13N3.3ClH.2H2O/c22-20-6-4-18(5-7-20)19-13-17(14-23-15-19)16-25-9-11-26(12-10-25)21-3-1-2-8-24-21;1-2-4-11-9(3-1)12-7-5-10-6-8-12;;;;;/h1-8,13-15H,9-12,16H2;1-4,10H,5-8H2;3*1H;2*1H2. The minimum atomic E-state index is -0.219. The van der Waals surface area contributed by atoms with Crippen LogP contribution in [-0.2, 0) is 6.54 Å². The molecule has 0 amide bonds. The fourth-order valence-corrected chi connectivity index (χ4v) is 4.74. The fraction of sp³-hybridized carbons (Fsp3) is 0.300. The van der Waals surface area contributed by atoms with Crippen molar-refractivity contribution in [3.63, 3.8) is 0 Å². The number of nitrogens with zero attached hydrogens (tertiary/aromatic N) is 6. The summed E-state index contributed by atoms with van der Waals surface area (Å²) in [5.74, 6) is 1.93. The molecule has 2 aliphatic rings. The van der Waals surface area contributed by atoms with Gasteiger partial charge in [0.25, 0.3) is 0 Å². The van der Waals surface area contributed by atoms with Crippen molar-refractivity contribution in [2.75, 3.05) is 62.2 Å². The number of hydrogen-bond donors (Lipinski definition) is 1. The van der Waals surface area contributed by atoms with Crippen LogP contribution in [0.5, 0.6) is 0 Å². The molecule has 0 aliphatic carbocycles. The number of hydrogen-bond acceptors (Lipinski definition) is 7. The number of anilines is 2. The van der Waals surface area contributed by atoms with Crippen LogP contribution in [-0.4, -0.2) is 83.2 Å². The number of aromatic nitrogens is 3. The lowest BCUT2D eigenvalue weighted by Crippen LogP contribution is -2.46. The van der Waals surface area contributed by atoms with Crippen LogP contribution >= 0.6 is 37.2 Å². The Morgan fingerprint density at radius 1 is 0.651 bits per heavy atom. The topological polar surface area (TPSA) is 123 Å². The molecule has 0 spiro atoms. The molecule has 6 rings (SSSR count). The van der Waals surface area contributed by atoms with Gasteiger partial charge >= 0.3 is 0 Å². The van der Waals surface area contributed by atoms with Crippen LogP contribution in [0.2, 0.25) is 0 Å². The Labute approximate surface area is 271 Å². The molecule has 2 aliphatic heterocycles. The van der Waals surface area contributed by atoms with Gasteiger partial charge in [0, 0.05) is 89.3 Å². The molecule has 43 heavy (non-hydrogen) atoms. The Hall–Kier alpha value is -3.09. The van der Waals surface area contributed by atoms with Gasteiger partial charge in [-0.25, -0.2) is 14.4 Å². The molecule has 0 unspecified atom stereocenters. The van der Waals surface area contributed by atoms with E-state index in [4.69, 9.17) is 0 Å². The van der Waals surface area contributed by atoms with Gasteiger partial charge in [-0.15, -0.1) is 37.2 Å². The monoisotopic (exact) mass is 655 g/mol.